The Labute approximate surface area is 521 Å². The van der Waals surface area contributed by atoms with Gasteiger partial charge in [0.1, 0.15) is 41.9 Å². The minimum Gasteiger partial charge on any atom is -0.459 e. The minimum absolute atomic E-state index is 0.0252. The van der Waals surface area contributed by atoms with E-state index in [4.69, 9.17) is 63.2 Å². The summed E-state index contributed by atoms with van der Waals surface area (Å²) in [5, 5.41) is 10.4. The van der Waals surface area contributed by atoms with Crippen LogP contribution < -0.4 is 26.1 Å². The number of Topliss-reactive ketones (excluding diaryl/α,β-unsaturated/α-hetero) is 1. The molecule has 1 aromatic rings. The van der Waals surface area contributed by atoms with E-state index in [2.05, 4.69) is 21.4 Å². The first kappa shape index (κ1) is 68.3. The van der Waals surface area contributed by atoms with Crippen LogP contribution in [0.3, 0.4) is 0 Å². The zero-order valence-corrected chi connectivity index (χ0v) is 53.6. The molecule has 474 valence electrons. The van der Waals surface area contributed by atoms with Gasteiger partial charge >= 0.3 is 17.9 Å². The molecule has 19 nitrogen and oxygen atoms in total. The van der Waals surface area contributed by atoms with E-state index in [1.54, 1.807) is 38.1 Å². The Bertz CT molecular complexity index is 2790. The number of nitrogens with zero attached hydrogens (tertiary/aromatic N) is 1. The molecule has 6 aliphatic rings. The molecule has 6 heterocycles. The monoisotopic (exact) mass is 1260 g/mol. The number of alkyl halides is 3. The van der Waals surface area contributed by atoms with Crippen molar-refractivity contribution in [2.24, 2.45) is 47.3 Å². The van der Waals surface area contributed by atoms with E-state index >= 15 is 0 Å². The van der Waals surface area contributed by atoms with Gasteiger partial charge in [-0.05, 0) is 93.9 Å². The van der Waals surface area contributed by atoms with Gasteiger partial charge in [-0.2, -0.15) is 0 Å². The molecule has 17 atom stereocenters. The van der Waals surface area contributed by atoms with Crippen molar-refractivity contribution in [3.63, 3.8) is 0 Å². The molecule has 7 rings (SSSR count). The third-order valence-corrected chi connectivity index (χ3v) is 18.6. The van der Waals surface area contributed by atoms with Crippen LogP contribution in [0.25, 0.3) is 0 Å². The maximum absolute atomic E-state index is 14.8. The number of ketones is 1. The van der Waals surface area contributed by atoms with E-state index in [0.29, 0.717) is 62.5 Å². The third-order valence-electron chi connectivity index (χ3n) is 18.2. The number of allylic oxidation sites excluding steroid dienone is 5. The lowest BCUT2D eigenvalue weighted by Crippen LogP contribution is -2.70. The number of amides is 4. The van der Waals surface area contributed by atoms with Crippen molar-refractivity contribution in [1.29, 1.82) is 0 Å². The van der Waals surface area contributed by atoms with Crippen molar-refractivity contribution >= 4 is 82.1 Å². The van der Waals surface area contributed by atoms with E-state index in [9.17, 15) is 38.4 Å². The van der Waals surface area contributed by atoms with Gasteiger partial charge in [-0.15, -0.1) is 0 Å². The fraction of sp³-hybridized carbons (Fsp3) is 0.656. The molecule has 0 aliphatic carbocycles. The highest BCUT2D eigenvalue weighted by molar-refractivity contribution is 6.75. The third kappa shape index (κ3) is 16.8. The minimum atomic E-state index is -2.37. The molecule has 4 N–H and O–H groups in total. The van der Waals surface area contributed by atoms with Crippen molar-refractivity contribution in [3.05, 3.63) is 77.9 Å². The first-order valence-electron chi connectivity index (χ1n) is 30.5. The molecule has 22 heteroatoms. The molecular weight excluding hydrogens is 1170 g/mol. The van der Waals surface area contributed by atoms with Gasteiger partial charge in [-0.25, -0.2) is 10.2 Å². The average molecular weight is 1260 g/mol. The molecule has 0 radical (unpaired) electrons. The molecular formula is C64H88Cl3N5O14. The Morgan fingerprint density at radius 1 is 0.942 bits per heavy atom. The summed E-state index contributed by atoms with van der Waals surface area (Å²) in [5.74, 6) is -7.75. The van der Waals surface area contributed by atoms with Gasteiger partial charge in [0.15, 0.2) is 11.5 Å². The van der Waals surface area contributed by atoms with Gasteiger partial charge in [-0.3, -0.25) is 38.6 Å². The number of halogens is 3. The summed E-state index contributed by atoms with van der Waals surface area (Å²) in [6.07, 6.45) is 14.1. The topological polar surface area (TPSA) is 243 Å². The fourth-order valence-electron chi connectivity index (χ4n) is 12.8. The van der Waals surface area contributed by atoms with Crippen molar-refractivity contribution in [2.45, 2.75) is 211 Å². The number of fused-ring (bicyclic) bond motifs is 4. The quantitative estimate of drug-likeness (QED) is 0.0588. The Morgan fingerprint density at radius 2 is 1.69 bits per heavy atom. The highest BCUT2D eigenvalue weighted by atomic mass is 35.6. The summed E-state index contributed by atoms with van der Waals surface area (Å²) in [6.45, 7) is 20.2. The van der Waals surface area contributed by atoms with Gasteiger partial charge in [-0.1, -0.05) is 145 Å². The van der Waals surface area contributed by atoms with E-state index < -0.39 is 117 Å². The first-order chi connectivity index (χ1) is 40.5. The molecule has 4 amide bonds. The number of cyclic esters (lactones) is 1. The highest BCUT2D eigenvalue weighted by Gasteiger charge is 2.58. The molecule has 5 fully saturated rings. The predicted octanol–water partition coefficient (Wildman–Crippen LogP) is 8.96. The first-order valence-corrected chi connectivity index (χ1v) is 31.7. The summed E-state index contributed by atoms with van der Waals surface area (Å²) in [7, 11) is 0. The van der Waals surface area contributed by atoms with Crippen LogP contribution in [0.1, 0.15) is 146 Å². The molecule has 0 unspecified atom stereocenters. The molecule has 1 aromatic carbocycles. The number of hydrazine groups is 1. The Hall–Kier alpha value is -5.15. The van der Waals surface area contributed by atoms with Crippen LogP contribution in [-0.2, 0) is 68.5 Å². The molecule has 86 heavy (non-hydrogen) atoms. The molecule has 0 aromatic heterocycles. The Morgan fingerprint density at radius 3 is 2.38 bits per heavy atom. The van der Waals surface area contributed by atoms with Crippen molar-refractivity contribution in [3.8, 4) is 5.75 Å². The van der Waals surface area contributed by atoms with E-state index in [1.165, 1.54) is 11.9 Å². The lowest BCUT2D eigenvalue weighted by atomic mass is 9.70. The van der Waals surface area contributed by atoms with Crippen LogP contribution >= 0.6 is 34.8 Å². The zero-order chi connectivity index (χ0) is 63.0. The smallest absolute Gasteiger partial charge is 0.358 e. The summed E-state index contributed by atoms with van der Waals surface area (Å²) in [5.41, 5.74) is 3.14. The van der Waals surface area contributed by atoms with Crippen molar-refractivity contribution < 1.29 is 66.8 Å². The second kappa shape index (κ2) is 29.4. The van der Waals surface area contributed by atoms with Crippen LogP contribution in [0.4, 0.5) is 0 Å². The van der Waals surface area contributed by atoms with Crippen molar-refractivity contribution in [2.75, 3.05) is 6.54 Å². The van der Waals surface area contributed by atoms with E-state index in [0.717, 1.165) is 0 Å². The molecule has 5 saturated heterocycles. The average Bonchev–Trinajstić information content (AvgIpc) is 0.797. The van der Waals surface area contributed by atoms with E-state index in [1.807, 2.05) is 97.9 Å². The number of hydrogen-bond donors (Lipinski definition) is 4. The molecule has 0 saturated carbocycles. The Balaban J connectivity index is 1.12. The number of carbonyl (C=O) groups is 8. The maximum atomic E-state index is 14.8. The van der Waals surface area contributed by atoms with Crippen LogP contribution in [-0.4, -0.2) is 123 Å². The molecule has 5 bridgehead atoms. The summed E-state index contributed by atoms with van der Waals surface area (Å²) < 4.78 is 35.0. The highest BCUT2D eigenvalue weighted by Crippen LogP contribution is 2.46. The van der Waals surface area contributed by atoms with Gasteiger partial charge in [0.25, 0.3) is 9.70 Å². The van der Waals surface area contributed by atoms with Crippen LogP contribution in [0, 0.1) is 47.3 Å². The normalized spacial score (nSPS) is 34.9. The SMILES string of the molecule is CC[C@H]1C[C@H](C)[C@@]2(NC1=O)O[C@@H](C[C@H](OC(=O)C(Cl)(Cl)Cl)[C@@H](C)CC/C=C/C=C(\C)[C@@H]1C/C=C/C=C/[C@@H]3O[C@@]4(C)CC[C@@H](C(=O)N[C@@H](C(C)C)C(=O)N[C@@H](Cc5cccc(OC(C)=O)c5)C(=O)N5CCC[C@H](N5)C(=O)O1)[C@H](O4)[C@H]3C)[C@H](C)C(=O)[C@@H]2C. The number of hydrogen-bond acceptors (Lipinski definition) is 15. The van der Waals surface area contributed by atoms with E-state index in [-0.39, 0.29) is 72.8 Å². The number of ether oxygens (including phenoxy) is 6. The van der Waals surface area contributed by atoms with Gasteiger partial charge in [0.05, 0.1) is 30.1 Å². The lowest BCUT2D eigenvalue weighted by Gasteiger charge is -2.54. The largest absolute Gasteiger partial charge is 0.459 e. The Kier molecular flexibility index (Phi) is 23.4. The molecule has 6 aliphatic heterocycles. The summed E-state index contributed by atoms with van der Waals surface area (Å²) >= 11 is 18.1. The number of benzene rings is 1. The predicted molar refractivity (Wildman–Crippen MR) is 324 cm³/mol. The fourth-order valence-corrected chi connectivity index (χ4v) is 12.9. The molecule has 1 spiro atoms. The van der Waals surface area contributed by atoms with Crippen molar-refractivity contribution in [1.82, 2.24) is 26.4 Å². The lowest BCUT2D eigenvalue weighted by molar-refractivity contribution is -0.344. The van der Waals surface area contributed by atoms with Gasteiger partial charge < -0.3 is 44.4 Å². The second-order valence-corrected chi connectivity index (χ2v) is 27.3. The number of esters is 3. The number of carbonyl (C=O) groups excluding carboxylic acids is 8. The zero-order valence-electron chi connectivity index (χ0n) is 51.4. The number of piperidine rings is 1. The second-order valence-electron chi connectivity index (χ2n) is 25.0. The van der Waals surface area contributed by atoms with Crippen LogP contribution in [0.2, 0.25) is 0 Å². The van der Waals surface area contributed by atoms with Crippen LogP contribution in [0.5, 0.6) is 5.75 Å². The standard InChI is InChI=1S/C64H88Cl3N5O14/c1-12-44-31-38(6)63(70-56(44)75)41(9)54(74)39(7)52(85-63)34-51(83-61(80)64(65,66)67)37(5)22-16-13-15-21-36(4)49-26-17-14-18-27-50-40(8)55-46(28-29-62(11,84-50)86-55)57(76)69-53(35(2)3)58(77)68-48(33-43-23-19-24-45(32-43)81-42(10)73)59(78)72-30-20-25-47(71-72)60(79)82-49/h13-15,17-19,21,23-24,27,32,35,37-41,44,46-53,55,71H,12,16,20,22,25-26,28-31,33-34H2,1-11H3,(H,68,77)(H,69,76)(H,70,75)/b15-13+,17-14+,27-18+,36-21+/t37-,38-,39-,40-,41-,44-,46+,47-,48-,49-,50-,51-,52-,53-,55+,62+,63+/m0/s1. The maximum Gasteiger partial charge on any atom is 0.358 e. The van der Waals surface area contributed by atoms with Crippen LogP contribution in [0.15, 0.2) is 72.4 Å². The van der Waals surface area contributed by atoms with Gasteiger partial charge in [0, 0.05) is 62.8 Å². The number of rotatable bonds is 14. The number of nitrogens with one attached hydrogen (secondary N) is 4. The summed E-state index contributed by atoms with van der Waals surface area (Å²) in [4.78, 5) is 110. The van der Waals surface area contributed by atoms with Gasteiger partial charge in [0.2, 0.25) is 17.7 Å². The summed E-state index contributed by atoms with van der Waals surface area (Å²) in [6, 6.07) is 3.47.